The van der Waals surface area contributed by atoms with Crippen molar-refractivity contribution in [3.8, 4) is 0 Å². The standard InChI is InChI=1S/C14H21F2NO/c1-4-17-13(9-18-10(2)3)8-11-7-12(15)5-6-14(11)16/h5-7,10,13,17H,4,8-9H2,1-3H3. The predicted octanol–water partition coefficient (Wildman–Crippen LogP) is 2.91. The Labute approximate surface area is 107 Å². The van der Waals surface area contributed by atoms with E-state index in [1.807, 2.05) is 20.8 Å². The first-order valence-corrected chi connectivity index (χ1v) is 6.31. The smallest absolute Gasteiger partial charge is 0.126 e. The van der Waals surface area contributed by atoms with Crippen molar-refractivity contribution in [1.29, 1.82) is 0 Å². The predicted molar refractivity (Wildman–Crippen MR) is 68.6 cm³/mol. The van der Waals surface area contributed by atoms with Gasteiger partial charge in [0.2, 0.25) is 0 Å². The maximum absolute atomic E-state index is 13.5. The van der Waals surface area contributed by atoms with E-state index in [1.165, 1.54) is 6.07 Å². The second-order valence-corrected chi connectivity index (χ2v) is 4.58. The van der Waals surface area contributed by atoms with Crippen LogP contribution >= 0.6 is 0 Å². The van der Waals surface area contributed by atoms with Gasteiger partial charge in [0, 0.05) is 6.04 Å². The van der Waals surface area contributed by atoms with Crippen LogP contribution < -0.4 is 5.32 Å². The highest BCUT2D eigenvalue weighted by Gasteiger charge is 2.13. The molecule has 0 aliphatic carbocycles. The maximum Gasteiger partial charge on any atom is 0.126 e. The van der Waals surface area contributed by atoms with Crippen molar-refractivity contribution >= 4 is 0 Å². The third-order valence-electron chi connectivity index (χ3n) is 2.60. The van der Waals surface area contributed by atoms with E-state index in [9.17, 15) is 8.78 Å². The number of hydrogen-bond donors (Lipinski definition) is 1. The summed E-state index contributed by atoms with van der Waals surface area (Å²) in [5, 5.41) is 3.22. The van der Waals surface area contributed by atoms with Gasteiger partial charge >= 0.3 is 0 Å². The highest BCUT2D eigenvalue weighted by atomic mass is 19.1. The lowest BCUT2D eigenvalue weighted by Crippen LogP contribution is -2.36. The third-order valence-corrected chi connectivity index (χ3v) is 2.60. The van der Waals surface area contributed by atoms with Gasteiger partial charge in [-0.3, -0.25) is 0 Å². The lowest BCUT2D eigenvalue weighted by atomic mass is 10.1. The Morgan fingerprint density at radius 2 is 2.00 bits per heavy atom. The molecule has 1 aromatic rings. The van der Waals surface area contributed by atoms with Crippen molar-refractivity contribution in [2.45, 2.75) is 39.3 Å². The summed E-state index contributed by atoms with van der Waals surface area (Å²) >= 11 is 0. The molecule has 102 valence electrons. The zero-order valence-electron chi connectivity index (χ0n) is 11.2. The zero-order chi connectivity index (χ0) is 13.5. The van der Waals surface area contributed by atoms with E-state index >= 15 is 0 Å². The molecule has 1 atom stereocenters. The molecular formula is C14H21F2NO. The summed E-state index contributed by atoms with van der Waals surface area (Å²) in [6.45, 7) is 7.13. The van der Waals surface area contributed by atoms with Crippen LogP contribution in [0.4, 0.5) is 8.78 Å². The van der Waals surface area contributed by atoms with Gasteiger partial charge in [0.1, 0.15) is 11.6 Å². The normalized spacial score (nSPS) is 13.0. The fourth-order valence-electron chi connectivity index (χ4n) is 1.75. The monoisotopic (exact) mass is 257 g/mol. The lowest BCUT2D eigenvalue weighted by Gasteiger charge is -2.20. The summed E-state index contributed by atoms with van der Waals surface area (Å²) in [5.41, 5.74) is 0.383. The summed E-state index contributed by atoms with van der Waals surface area (Å²) in [6, 6.07) is 3.53. The minimum atomic E-state index is -0.411. The molecule has 1 N–H and O–H groups in total. The van der Waals surface area contributed by atoms with Crippen molar-refractivity contribution < 1.29 is 13.5 Å². The van der Waals surface area contributed by atoms with Crippen molar-refractivity contribution in [2.75, 3.05) is 13.2 Å². The largest absolute Gasteiger partial charge is 0.377 e. The number of halogens is 2. The Hall–Kier alpha value is -1.00. The van der Waals surface area contributed by atoms with Crippen LogP contribution in [0.3, 0.4) is 0 Å². The fourth-order valence-corrected chi connectivity index (χ4v) is 1.75. The Bertz CT molecular complexity index is 369. The number of nitrogens with one attached hydrogen (secondary N) is 1. The second kappa shape index (κ2) is 7.44. The molecule has 0 bridgehead atoms. The Balaban J connectivity index is 2.66. The van der Waals surface area contributed by atoms with Crippen LogP contribution in [-0.2, 0) is 11.2 Å². The molecule has 0 saturated heterocycles. The van der Waals surface area contributed by atoms with Crippen LogP contribution in [0.25, 0.3) is 0 Å². The van der Waals surface area contributed by atoms with Crippen LogP contribution in [-0.4, -0.2) is 25.3 Å². The second-order valence-electron chi connectivity index (χ2n) is 4.58. The van der Waals surface area contributed by atoms with Gasteiger partial charge in [0.15, 0.2) is 0 Å². The molecule has 0 radical (unpaired) electrons. The van der Waals surface area contributed by atoms with Crippen LogP contribution in [0.5, 0.6) is 0 Å². The molecule has 1 unspecified atom stereocenters. The lowest BCUT2D eigenvalue weighted by molar-refractivity contribution is 0.0614. The van der Waals surface area contributed by atoms with Gasteiger partial charge in [0.05, 0.1) is 12.7 Å². The molecule has 0 spiro atoms. The summed E-state index contributed by atoms with van der Waals surface area (Å²) < 4.78 is 32.1. The van der Waals surface area contributed by atoms with E-state index in [2.05, 4.69) is 5.32 Å². The molecule has 0 saturated carbocycles. The zero-order valence-corrected chi connectivity index (χ0v) is 11.2. The van der Waals surface area contributed by atoms with Gasteiger partial charge in [-0.05, 0) is 50.6 Å². The molecule has 4 heteroatoms. The Morgan fingerprint density at radius 3 is 2.61 bits per heavy atom. The molecule has 0 heterocycles. The molecule has 2 nitrogen and oxygen atoms in total. The molecule has 0 fully saturated rings. The first kappa shape index (κ1) is 15.1. The van der Waals surface area contributed by atoms with E-state index < -0.39 is 5.82 Å². The average molecular weight is 257 g/mol. The number of benzene rings is 1. The molecule has 1 aromatic carbocycles. The van der Waals surface area contributed by atoms with Crippen LogP contribution in [0.1, 0.15) is 26.3 Å². The van der Waals surface area contributed by atoms with Crippen molar-refractivity contribution in [2.24, 2.45) is 0 Å². The SMILES string of the molecule is CCNC(COC(C)C)Cc1cc(F)ccc1F. The number of ether oxygens (including phenoxy) is 1. The highest BCUT2D eigenvalue weighted by Crippen LogP contribution is 2.12. The summed E-state index contributed by atoms with van der Waals surface area (Å²) in [5.74, 6) is -0.782. The van der Waals surface area contributed by atoms with Crippen molar-refractivity contribution in [3.63, 3.8) is 0 Å². The topological polar surface area (TPSA) is 21.3 Å². The number of likely N-dealkylation sites (N-methyl/N-ethyl adjacent to an activating group) is 1. The van der Waals surface area contributed by atoms with Gasteiger partial charge < -0.3 is 10.1 Å². The van der Waals surface area contributed by atoms with Gasteiger partial charge in [-0.2, -0.15) is 0 Å². The van der Waals surface area contributed by atoms with Crippen LogP contribution in [0.2, 0.25) is 0 Å². The minimum Gasteiger partial charge on any atom is -0.377 e. The number of rotatable bonds is 7. The molecule has 1 rings (SSSR count). The molecule has 0 aliphatic rings. The minimum absolute atomic E-state index is 0.00583. The highest BCUT2D eigenvalue weighted by molar-refractivity contribution is 5.19. The molecule has 0 amide bonds. The van der Waals surface area contributed by atoms with Gasteiger partial charge in [0.25, 0.3) is 0 Å². The van der Waals surface area contributed by atoms with E-state index in [1.54, 1.807) is 0 Å². The van der Waals surface area contributed by atoms with E-state index in [4.69, 9.17) is 4.74 Å². The average Bonchev–Trinajstić information content (AvgIpc) is 2.31. The van der Waals surface area contributed by atoms with Crippen LogP contribution in [0.15, 0.2) is 18.2 Å². The third kappa shape index (κ3) is 5.10. The van der Waals surface area contributed by atoms with Crippen molar-refractivity contribution in [1.82, 2.24) is 5.32 Å². The van der Waals surface area contributed by atoms with Crippen LogP contribution in [0, 0.1) is 11.6 Å². The molecular weight excluding hydrogens is 236 g/mol. The molecule has 0 aromatic heterocycles. The first-order valence-electron chi connectivity index (χ1n) is 6.31. The summed E-state index contributed by atoms with van der Waals surface area (Å²) in [4.78, 5) is 0. The quantitative estimate of drug-likeness (QED) is 0.811. The fraction of sp³-hybridized carbons (Fsp3) is 0.571. The van der Waals surface area contributed by atoms with Gasteiger partial charge in [-0.1, -0.05) is 6.92 Å². The molecule has 18 heavy (non-hydrogen) atoms. The number of hydrogen-bond acceptors (Lipinski definition) is 2. The van der Waals surface area contributed by atoms with E-state index in [0.717, 1.165) is 18.7 Å². The summed E-state index contributed by atoms with van der Waals surface area (Å²) in [6.07, 6.45) is 0.549. The van der Waals surface area contributed by atoms with E-state index in [0.29, 0.717) is 18.6 Å². The molecule has 0 aliphatic heterocycles. The van der Waals surface area contributed by atoms with Gasteiger partial charge in [-0.15, -0.1) is 0 Å². The Kier molecular flexibility index (Phi) is 6.22. The van der Waals surface area contributed by atoms with E-state index in [-0.39, 0.29) is 18.0 Å². The maximum atomic E-state index is 13.5. The van der Waals surface area contributed by atoms with Crippen molar-refractivity contribution in [3.05, 3.63) is 35.4 Å². The Morgan fingerprint density at radius 1 is 1.28 bits per heavy atom. The van der Waals surface area contributed by atoms with Gasteiger partial charge in [-0.25, -0.2) is 8.78 Å². The first-order chi connectivity index (χ1) is 8.52. The summed E-state index contributed by atoms with van der Waals surface area (Å²) in [7, 11) is 0.